The summed E-state index contributed by atoms with van der Waals surface area (Å²) in [6, 6.07) is 2.12. The molecule has 0 aliphatic heterocycles. The van der Waals surface area contributed by atoms with Crippen molar-refractivity contribution in [3.63, 3.8) is 0 Å². The van der Waals surface area contributed by atoms with Crippen LogP contribution in [0.15, 0.2) is 10.5 Å². The maximum atomic E-state index is 10.9. The summed E-state index contributed by atoms with van der Waals surface area (Å²) in [4.78, 5) is 13.3. The maximum absolute atomic E-state index is 10.9. The van der Waals surface area contributed by atoms with Gasteiger partial charge in [0.2, 0.25) is 5.76 Å². The molecule has 1 aromatic rings. The Kier molecular flexibility index (Phi) is 3.76. The van der Waals surface area contributed by atoms with Crippen LogP contribution in [0.4, 0.5) is 0 Å². The molecule has 1 fully saturated rings. The van der Waals surface area contributed by atoms with Gasteiger partial charge in [0, 0.05) is 24.7 Å². The molecule has 1 N–H and O–H groups in total. The number of carbonyl (C=O) groups is 1. The third-order valence-corrected chi connectivity index (χ3v) is 3.52. The number of rotatable bonds is 6. The van der Waals surface area contributed by atoms with E-state index in [-0.39, 0.29) is 5.76 Å². The first kappa shape index (κ1) is 13.1. The molecule has 100 valence electrons. The highest BCUT2D eigenvalue weighted by atomic mass is 16.4. The minimum absolute atomic E-state index is 0.0395. The molecule has 1 aliphatic carbocycles. The van der Waals surface area contributed by atoms with E-state index in [2.05, 4.69) is 18.7 Å². The Morgan fingerprint density at radius 2 is 2.22 bits per heavy atom. The van der Waals surface area contributed by atoms with E-state index in [0.29, 0.717) is 11.8 Å². The Morgan fingerprint density at radius 1 is 1.56 bits per heavy atom. The van der Waals surface area contributed by atoms with Gasteiger partial charge in [-0.1, -0.05) is 0 Å². The first-order valence-corrected chi connectivity index (χ1v) is 6.54. The average Bonchev–Trinajstić information content (AvgIpc) is 3.02. The Labute approximate surface area is 108 Å². The number of aromatic carboxylic acids is 1. The van der Waals surface area contributed by atoms with Gasteiger partial charge in [0.05, 0.1) is 0 Å². The summed E-state index contributed by atoms with van der Waals surface area (Å²) in [7, 11) is 0. The zero-order valence-corrected chi connectivity index (χ0v) is 11.3. The van der Waals surface area contributed by atoms with Crippen LogP contribution >= 0.6 is 0 Å². The molecular formula is C14H21NO3. The Morgan fingerprint density at radius 3 is 2.67 bits per heavy atom. The molecule has 0 amide bonds. The van der Waals surface area contributed by atoms with E-state index in [1.165, 1.54) is 12.8 Å². The fraction of sp³-hybridized carbons (Fsp3) is 0.643. The number of carboxylic acids is 1. The van der Waals surface area contributed by atoms with Crippen molar-refractivity contribution in [3.05, 3.63) is 23.2 Å². The smallest absolute Gasteiger partial charge is 0.371 e. The van der Waals surface area contributed by atoms with Crippen LogP contribution in [0, 0.1) is 12.8 Å². The minimum atomic E-state index is -0.998. The molecule has 18 heavy (non-hydrogen) atoms. The van der Waals surface area contributed by atoms with Crippen molar-refractivity contribution in [1.82, 2.24) is 4.90 Å². The van der Waals surface area contributed by atoms with Gasteiger partial charge in [-0.05, 0) is 45.6 Å². The predicted octanol–water partition coefficient (Wildman–Crippen LogP) is 2.91. The van der Waals surface area contributed by atoms with E-state index < -0.39 is 5.97 Å². The normalized spacial score (nSPS) is 15.6. The number of carboxylic acid groups (broad SMARTS) is 1. The van der Waals surface area contributed by atoms with Gasteiger partial charge in [0.15, 0.2) is 0 Å². The van der Waals surface area contributed by atoms with E-state index >= 15 is 0 Å². The lowest BCUT2D eigenvalue weighted by Crippen LogP contribution is -2.32. The third-order valence-electron chi connectivity index (χ3n) is 3.52. The lowest BCUT2D eigenvalue weighted by Gasteiger charge is -2.26. The number of nitrogens with zero attached hydrogens (tertiary/aromatic N) is 1. The zero-order valence-electron chi connectivity index (χ0n) is 11.3. The van der Waals surface area contributed by atoms with Crippen molar-refractivity contribution in [3.8, 4) is 0 Å². The lowest BCUT2D eigenvalue weighted by molar-refractivity contribution is 0.0661. The molecule has 0 bridgehead atoms. The second-order valence-electron chi connectivity index (χ2n) is 5.46. The minimum Gasteiger partial charge on any atom is -0.475 e. The first-order chi connectivity index (χ1) is 8.47. The van der Waals surface area contributed by atoms with Crippen LogP contribution in [0.2, 0.25) is 0 Å². The van der Waals surface area contributed by atoms with Crippen molar-refractivity contribution in [2.45, 2.75) is 46.2 Å². The highest BCUT2D eigenvalue weighted by molar-refractivity contribution is 5.84. The second-order valence-corrected chi connectivity index (χ2v) is 5.46. The van der Waals surface area contributed by atoms with Crippen LogP contribution in [0.25, 0.3) is 0 Å². The quantitative estimate of drug-likeness (QED) is 0.844. The Bertz CT molecular complexity index is 432. The summed E-state index contributed by atoms with van der Waals surface area (Å²) in [5.41, 5.74) is 0.988. The van der Waals surface area contributed by atoms with Gasteiger partial charge in [0.25, 0.3) is 0 Å². The molecule has 0 spiro atoms. The topological polar surface area (TPSA) is 53.7 Å². The van der Waals surface area contributed by atoms with E-state index in [4.69, 9.17) is 9.52 Å². The zero-order chi connectivity index (χ0) is 13.3. The van der Waals surface area contributed by atoms with E-state index in [0.717, 1.165) is 24.6 Å². The highest BCUT2D eigenvalue weighted by Crippen LogP contribution is 2.31. The van der Waals surface area contributed by atoms with Crippen LogP contribution in [-0.2, 0) is 6.54 Å². The average molecular weight is 251 g/mol. The van der Waals surface area contributed by atoms with Gasteiger partial charge in [-0.25, -0.2) is 4.79 Å². The number of hydrogen-bond acceptors (Lipinski definition) is 3. The molecule has 0 aromatic carbocycles. The van der Waals surface area contributed by atoms with Crippen molar-refractivity contribution in [1.29, 1.82) is 0 Å². The molecule has 0 saturated heterocycles. The van der Waals surface area contributed by atoms with Crippen LogP contribution < -0.4 is 0 Å². The molecule has 1 heterocycles. The fourth-order valence-corrected chi connectivity index (χ4v) is 2.09. The summed E-state index contributed by atoms with van der Waals surface area (Å²) in [6.45, 7) is 8.06. The third kappa shape index (κ3) is 3.13. The number of aryl methyl sites for hydroxylation is 1. The highest BCUT2D eigenvalue weighted by Gasteiger charge is 2.26. The fourth-order valence-electron chi connectivity index (χ4n) is 2.09. The van der Waals surface area contributed by atoms with E-state index in [1.807, 2.05) is 6.92 Å². The van der Waals surface area contributed by atoms with E-state index in [1.54, 1.807) is 6.07 Å². The molecule has 4 nitrogen and oxygen atoms in total. The van der Waals surface area contributed by atoms with Crippen molar-refractivity contribution in [2.75, 3.05) is 6.54 Å². The summed E-state index contributed by atoms with van der Waals surface area (Å²) in [6.07, 6.45) is 2.65. The summed E-state index contributed by atoms with van der Waals surface area (Å²) in [5, 5.41) is 8.91. The van der Waals surface area contributed by atoms with Gasteiger partial charge in [-0.3, -0.25) is 4.90 Å². The molecule has 0 atom stereocenters. The largest absolute Gasteiger partial charge is 0.475 e. The van der Waals surface area contributed by atoms with Gasteiger partial charge in [-0.15, -0.1) is 0 Å². The molecule has 1 aromatic heterocycles. The van der Waals surface area contributed by atoms with Crippen molar-refractivity contribution >= 4 is 5.97 Å². The molecular weight excluding hydrogens is 230 g/mol. The molecule has 1 aliphatic rings. The monoisotopic (exact) mass is 251 g/mol. The van der Waals surface area contributed by atoms with Crippen LogP contribution in [0.5, 0.6) is 0 Å². The summed E-state index contributed by atoms with van der Waals surface area (Å²) in [5.74, 6) is 0.590. The Hall–Kier alpha value is -1.29. The van der Waals surface area contributed by atoms with Gasteiger partial charge in [0.1, 0.15) is 5.76 Å². The first-order valence-electron chi connectivity index (χ1n) is 6.54. The molecule has 0 radical (unpaired) electrons. The molecule has 0 unspecified atom stereocenters. The second kappa shape index (κ2) is 5.14. The standard InChI is InChI=1S/C14H21NO3/c1-9(2)15(7-11-4-5-11)8-12-6-13(14(16)17)18-10(12)3/h6,9,11H,4-5,7-8H2,1-3H3,(H,16,17). The van der Waals surface area contributed by atoms with Crippen LogP contribution in [-0.4, -0.2) is 28.6 Å². The maximum Gasteiger partial charge on any atom is 0.371 e. The predicted molar refractivity (Wildman–Crippen MR) is 68.7 cm³/mol. The summed E-state index contributed by atoms with van der Waals surface area (Å²) >= 11 is 0. The SMILES string of the molecule is Cc1oc(C(=O)O)cc1CN(CC1CC1)C(C)C. The van der Waals surface area contributed by atoms with Gasteiger partial charge < -0.3 is 9.52 Å². The number of furan rings is 1. The molecule has 2 rings (SSSR count). The van der Waals surface area contributed by atoms with Crippen molar-refractivity contribution in [2.24, 2.45) is 5.92 Å². The van der Waals surface area contributed by atoms with Gasteiger partial charge in [-0.2, -0.15) is 0 Å². The Balaban J connectivity index is 2.07. The van der Waals surface area contributed by atoms with Crippen molar-refractivity contribution < 1.29 is 14.3 Å². The van der Waals surface area contributed by atoms with E-state index in [9.17, 15) is 4.79 Å². The van der Waals surface area contributed by atoms with Crippen LogP contribution in [0.3, 0.4) is 0 Å². The van der Waals surface area contributed by atoms with Crippen LogP contribution in [0.1, 0.15) is 48.6 Å². The number of hydrogen-bond donors (Lipinski definition) is 1. The lowest BCUT2D eigenvalue weighted by atomic mass is 10.2. The van der Waals surface area contributed by atoms with Gasteiger partial charge >= 0.3 is 5.97 Å². The summed E-state index contributed by atoms with van der Waals surface area (Å²) < 4.78 is 5.25. The molecule has 1 saturated carbocycles. The molecule has 4 heteroatoms.